The summed E-state index contributed by atoms with van der Waals surface area (Å²) in [6.07, 6.45) is 1.26. The van der Waals surface area contributed by atoms with E-state index in [1.165, 1.54) is 6.08 Å². The lowest BCUT2D eigenvalue weighted by atomic mass is 9.61. The molecule has 1 saturated heterocycles. The highest BCUT2D eigenvalue weighted by atomic mass is 35.5. The van der Waals surface area contributed by atoms with Crippen LogP contribution >= 0.6 is 11.6 Å². The minimum Gasteiger partial charge on any atom is -0.373 e. The third-order valence-electron chi connectivity index (χ3n) is 6.34. The van der Waals surface area contributed by atoms with Crippen LogP contribution in [0.5, 0.6) is 0 Å². The fourth-order valence-electron chi connectivity index (χ4n) is 4.41. The Morgan fingerprint density at radius 3 is 2.56 bits per heavy atom. The molecule has 3 heterocycles. The molecule has 0 aliphatic carbocycles. The summed E-state index contributed by atoms with van der Waals surface area (Å²) in [5.74, 6) is 0.202. The van der Waals surface area contributed by atoms with E-state index in [0.29, 0.717) is 35.3 Å². The average molecular weight is 504 g/mol. The first-order chi connectivity index (χ1) is 16.7. The minimum absolute atomic E-state index is 0.156. The van der Waals surface area contributed by atoms with E-state index in [0.717, 1.165) is 16.5 Å². The molecule has 1 fully saturated rings. The highest BCUT2D eigenvalue weighted by Gasteiger charge is 2.34. The van der Waals surface area contributed by atoms with Crippen LogP contribution in [-0.4, -0.2) is 71.3 Å². The van der Waals surface area contributed by atoms with Gasteiger partial charge in [0.15, 0.2) is 5.82 Å². The topological polar surface area (TPSA) is 108 Å². The van der Waals surface area contributed by atoms with Crippen molar-refractivity contribution >= 4 is 55.8 Å². The van der Waals surface area contributed by atoms with E-state index in [1.807, 2.05) is 12.1 Å². The Hall–Kier alpha value is -3.20. The number of imidazole rings is 1. The van der Waals surface area contributed by atoms with Gasteiger partial charge in [-0.3, -0.25) is 14.7 Å². The number of amides is 2. The molecule has 3 N–H and O–H groups in total. The van der Waals surface area contributed by atoms with E-state index in [9.17, 15) is 9.59 Å². The van der Waals surface area contributed by atoms with E-state index < -0.39 is 5.34 Å². The van der Waals surface area contributed by atoms with Crippen LogP contribution in [0, 0.1) is 6.92 Å². The molecule has 0 saturated carbocycles. The zero-order chi connectivity index (χ0) is 26.6. The molecule has 36 heavy (non-hydrogen) atoms. The zero-order valence-electron chi connectivity index (χ0n) is 21.1. The molecular formula is C24H28B2ClN7O2. The van der Waals surface area contributed by atoms with E-state index >= 15 is 0 Å². The van der Waals surface area contributed by atoms with Crippen molar-refractivity contribution in [1.29, 1.82) is 0 Å². The first kappa shape index (κ1) is 25.9. The molecule has 4 rings (SSSR count). The number of halogens is 1. The molecule has 2 aromatic heterocycles. The van der Waals surface area contributed by atoms with Gasteiger partial charge in [-0.15, -0.1) is 0 Å². The second kappa shape index (κ2) is 9.03. The van der Waals surface area contributed by atoms with Gasteiger partial charge in [-0.1, -0.05) is 39.0 Å². The molecule has 2 amide bonds. The molecule has 1 aliphatic heterocycles. The monoisotopic (exact) mass is 503 g/mol. The van der Waals surface area contributed by atoms with Crippen LogP contribution in [-0.2, 0) is 22.6 Å². The largest absolute Gasteiger partial charge is 0.373 e. The van der Waals surface area contributed by atoms with Gasteiger partial charge < -0.3 is 20.1 Å². The van der Waals surface area contributed by atoms with Crippen LogP contribution in [0.15, 0.2) is 24.8 Å². The Bertz CT molecular complexity index is 1370. The number of hydrogen-bond acceptors (Lipinski definition) is 5. The number of anilines is 1. The van der Waals surface area contributed by atoms with Crippen molar-refractivity contribution in [2.45, 2.75) is 44.5 Å². The molecule has 0 unspecified atom stereocenters. The number of hydrogen-bond donors (Lipinski definition) is 3. The fraction of sp³-hybridized carbons (Fsp3) is 0.417. The predicted molar refractivity (Wildman–Crippen MR) is 143 cm³/mol. The molecule has 0 atom stereocenters. The molecule has 9 nitrogen and oxygen atoms in total. The highest BCUT2D eigenvalue weighted by molar-refractivity contribution is 6.41. The number of fused-ring (bicyclic) bond motifs is 1. The lowest BCUT2D eigenvalue weighted by molar-refractivity contribution is -0.130. The van der Waals surface area contributed by atoms with Crippen molar-refractivity contribution in [2.24, 2.45) is 7.05 Å². The standard InChI is InChI=1S/C24H28B2ClN7O2/c1-7-18(35)34-10-13(11-34)29-21(36)19-12(2)28-22(33(19)6)24(25,26)30-20-14-8-15(23(3,4)5)16(27)9-17(14)31-32-20/h7-9,13H,1,10-11H2,2-6H3,(H,29,36)(H2,30,31,32). The molecule has 12 heteroatoms. The second-order valence-corrected chi connectivity index (χ2v) is 10.6. The minimum atomic E-state index is -1.65. The van der Waals surface area contributed by atoms with Gasteiger partial charge in [0, 0.05) is 35.9 Å². The number of likely N-dealkylation sites (tertiary alicyclic amines) is 1. The number of aryl methyl sites for hydroxylation is 1. The molecule has 1 aromatic carbocycles. The van der Waals surface area contributed by atoms with Gasteiger partial charge in [0.05, 0.1) is 17.3 Å². The predicted octanol–water partition coefficient (Wildman–Crippen LogP) is 2.24. The Kier molecular flexibility index (Phi) is 6.49. The number of nitrogens with zero attached hydrogens (tertiary/aromatic N) is 4. The van der Waals surface area contributed by atoms with Crippen LogP contribution in [0.3, 0.4) is 0 Å². The van der Waals surface area contributed by atoms with E-state index in [2.05, 4.69) is 53.2 Å². The number of rotatable bonds is 6. The summed E-state index contributed by atoms with van der Waals surface area (Å²) < 4.78 is 1.56. The van der Waals surface area contributed by atoms with Crippen LogP contribution in [0.4, 0.5) is 5.82 Å². The van der Waals surface area contributed by atoms with Gasteiger partial charge in [-0.2, -0.15) is 5.10 Å². The normalized spacial score (nSPS) is 14.6. The SMILES string of the molecule is [B]C([B])(Nc1n[nH]c2cc(Cl)c(C(C)(C)C)cc12)c1nc(C)c(C(=O)NC2CN(C(=O)C=C)C2)n1C. The number of nitrogens with one attached hydrogen (secondary N) is 3. The lowest BCUT2D eigenvalue weighted by Crippen LogP contribution is -2.60. The van der Waals surface area contributed by atoms with Crippen LogP contribution in [0.25, 0.3) is 10.9 Å². The van der Waals surface area contributed by atoms with Crippen molar-refractivity contribution in [3.05, 3.63) is 52.6 Å². The smallest absolute Gasteiger partial charge is 0.270 e. The zero-order valence-corrected chi connectivity index (χ0v) is 21.8. The Morgan fingerprint density at radius 2 is 1.94 bits per heavy atom. The van der Waals surface area contributed by atoms with Gasteiger partial charge in [-0.05, 0) is 36.1 Å². The number of benzene rings is 1. The maximum atomic E-state index is 13.0. The lowest BCUT2D eigenvalue weighted by Gasteiger charge is -2.38. The Labute approximate surface area is 217 Å². The summed E-state index contributed by atoms with van der Waals surface area (Å²) in [7, 11) is 14.6. The molecule has 4 radical (unpaired) electrons. The van der Waals surface area contributed by atoms with Gasteiger partial charge in [-0.25, -0.2) is 4.98 Å². The summed E-state index contributed by atoms with van der Waals surface area (Å²) in [6, 6.07) is 3.63. The third kappa shape index (κ3) is 4.64. The Balaban J connectivity index is 1.57. The Morgan fingerprint density at radius 1 is 1.28 bits per heavy atom. The maximum absolute atomic E-state index is 13.0. The van der Waals surface area contributed by atoms with Crippen LogP contribution < -0.4 is 10.6 Å². The fourth-order valence-corrected chi connectivity index (χ4v) is 4.86. The summed E-state index contributed by atoms with van der Waals surface area (Å²) >= 11 is 6.49. The van der Waals surface area contributed by atoms with E-state index in [4.69, 9.17) is 27.3 Å². The summed E-state index contributed by atoms with van der Waals surface area (Å²) in [5.41, 5.74) is 2.30. The van der Waals surface area contributed by atoms with Crippen molar-refractivity contribution in [3.63, 3.8) is 0 Å². The van der Waals surface area contributed by atoms with Crippen molar-refractivity contribution in [2.75, 3.05) is 18.4 Å². The molecular weight excluding hydrogens is 475 g/mol. The number of carbonyl (C=O) groups excluding carboxylic acids is 2. The maximum Gasteiger partial charge on any atom is 0.270 e. The summed E-state index contributed by atoms with van der Waals surface area (Å²) in [6.45, 7) is 12.3. The molecule has 0 spiro atoms. The number of carbonyl (C=O) groups is 2. The second-order valence-electron chi connectivity index (χ2n) is 10.2. The molecule has 3 aromatic rings. The molecule has 184 valence electrons. The van der Waals surface area contributed by atoms with E-state index in [-0.39, 0.29) is 29.1 Å². The number of H-pyrrole nitrogens is 1. The van der Waals surface area contributed by atoms with Gasteiger partial charge in [0.2, 0.25) is 5.91 Å². The number of aromatic nitrogens is 4. The van der Waals surface area contributed by atoms with Crippen molar-refractivity contribution < 1.29 is 9.59 Å². The summed E-state index contributed by atoms with van der Waals surface area (Å²) in [4.78, 5) is 30.7. The van der Waals surface area contributed by atoms with Crippen LogP contribution in [0.2, 0.25) is 5.02 Å². The highest BCUT2D eigenvalue weighted by Crippen LogP contribution is 2.35. The van der Waals surface area contributed by atoms with E-state index in [1.54, 1.807) is 23.4 Å². The van der Waals surface area contributed by atoms with Gasteiger partial charge in [0.1, 0.15) is 27.2 Å². The summed E-state index contributed by atoms with van der Waals surface area (Å²) in [5, 5.41) is 13.0. The average Bonchev–Trinajstić information content (AvgIpc) is 3.27. The van der Waals surface area contributed by atoms with Crippen LogP contribution in [0.1, 0.15) is 48.3 Å². The first-order valence-electron chi connectivity index (χ1n) is 11.5. The van der Waals surface area contributed by atoms with Crippen molar-refractivity contribution in [3.8, 4) is 0 Å². The first-order valence-corrected chi connectivity index (χ1v) is 11.9. The quantitative estimate of drug-likeness (QED) is 0.353. The van der Waals surface area contributed by atoms with Gasteiger partial charge >= 0.3 is 0 Å². The van der Waals surface area contributed by atoms with Gasteiger partial charge in [0.25, 0.3) is 5.91 Å². The molecule has 1 aliphatic rings. The van der Waals surface area contributed by atoms with Crippen molar-refractivity contribution in [1.82, 2.24) is 30.0 Å². The number of aromatic amines is 1. The third-order valence-corrected chi connectivity index (χ3v) is 6.65. The molecule has 0 bridgehead atoms.